The van der Waals surface area contributed by atoms with E-state index in [-0.39, 0.29) is 30.7 Å². The molecule has 0 aliphatic carbocycles. The largest absolute Gasteiger partial charge is 0.463 e. The third-order valence-corrected chi connectivity index (χ3v) is 1.84. The molecule has 6 nitrogen and oxygen atoms in total. The van der Waals surface area contributed by atoms with Crippen LogP contribution in [0, 0.1) is 0 Å². The summed E-state index contributed by atoms with van der Waals surface area (Å²) in [5.41, 5.74) is 0. The van der Waals surface area contributed by atoms with Crippen molar-refractivity contribution in [3.63, 3.8) is 0 Å². The van der Waals surface area contributed by atoms with E-state index >= 15 is 0 Å². The summed E-state index contributed by atoms with van der Waals surface area (Å²) in [4.78, 5) is 31.0. The molecular weight excluding hydrogens is 292 g/mol. The van der Waals surface area contributed by atoms with Gasteiger partial charge in [-0.05, 0) is 6.92 Å². The summed E-state index contributed by atoms with van der Waals surface area (Å²) in [5, 5.41) is 0. The van der Waals surface area contributed by atoms with Gasteiger partial charge < -0.3 is 14.2 Å². The van der Waals surface area contributed by atoms with Gasteiger partial charge in [-0.3, -0.25) is 9.59 Å². The Morgan fingerprint density at radius 2 is 1.42 bits per heavy atom. The predicted molar refractivity (Wildman–Crippen MR) is 76.5 cm³/mol. The molecule has 0 amide bonds. The number of hydrogen-bond donors (Lipinski definition) is 2. The van der Waals surface area contributed by atoms with Crippen molar-refractivity contribution in [2.45, 2.75) is 6.92 Å². The molecule has 19 heavy (non-hydrogen) atoms. The third-order valence-electron chi connectivity index (χ3n) is 1.32. The normalized spacial score (nSPS) is 8.58. The molecule has 0 atom stereocenters. The molecule has 0 bridgehead atoms. The molecule has 0 aromatic carbocycles. The fourth-order valence-electron chi connectivity index (χ4n) is 0.603. The molecule has 0 N–H and O–H groups in total. The Labute approximate surface area is 123 Å². The van der Waals surface area contributed by atoms with Crippen LogP contribution < -0.4 is 0 Å². The van der Waals surface area contributed by atoms with Gasteiger partial charge in [0.05, 0.1) is 18.1 Å². The van der Waals surface area contributed by atoms with E-state index in [9.17, 15) is 14.4 Å². The van der Waals surface area contributed by atoms with Crippen molar-refractivity contribution in [1.29, 1.82) is 0 Å². The lowest BCUT2D eigenvalue weighted by atomic mass is 10.6. The molecule has 0 aromatic heterocycles. The Morgan fingerprint density at radius 1 is 1.00 bits per heavy atom. The van der Waals surface area contributed by atoms with E-state index in [1.807, 2.05) is 0 Å². The zero-order valence-electron chi connectivity index (χ0n) is 10.7. The van der Waals surface area contributed by atoms with E-state index in [2.05, 4.69) is 46.0 Å². The fourth-order valence-corrected chi connectivity index (χ4v) is 0.786. The molecule has 0 aliphatic heterocycles. The number of hydrogen-bond acceptors (Lipinski definition) is 8. The summed E-state index contributed by atoms with van der Waals surface area (Å²) < 4.78 is 13.6. The molecule has 8 heteroatoms. The van der Waals surface area contributed by atoms with Crippen molar-refractivity contribution in [3.8, 4) is 0 Å². The molecule has 0 spiro atoms. The molecule has 0 aromatic rings. The molecular formula is C11H18O6S2. The average molecular weight is 310 g/mol. The van der Waals surface area contributed by atoms with E-state index in [4.69, 9.17) is 0 Å². The molecule has 0 aliphatic rings. The minimum atomic E-state index is -0.430. The summed E-state index contributed by atoms with van der Waals surface area (Å²) >= 11 is 7.36. The van der Waals surface area contributed by atoms with Crippen LogP contribution in [0.25, 0.3) is 0 Å². The highest BCUT2D eigenvalue weighted by molar-refractivity contribution is 7.81. The highest BCUT2D eigenvalue weighted by Gasteiger charge is 2.00. The first-order chi connectivity index (χ1) is 9.01. The average Bonchev–Trinajstić information content (AvgIpc) is 2.43. The van der Waals surface area contributed by atoms with Crippen LogP contribution >= 0.6 is 25.3 Å². The topological polar surface area (TPSA) is 78.9 Å². The quantitative estimate of drug-likeness (QED) is 0.237. The smallest absolute Gasteiger partial charge is 0.330 e. The first-order valence-electron chi connectivity index (χ1n) is 5.33. The minimum absolute atomic E-state index is 0.0283. The minimum Gasteiger partial charge on any atom is -0.463 e. The van der Waals surface area contributed by atoms with Crippen LogP contribution in [0.1, 0.15) is 6.92 Å². The standard InChI is InChI=1S/C6H10O4S2.C5H8O2/c7-5(3-11)9-1-2-10-6(8)4-12;1-3-5(6)7-4-2/h11-12H,1-4H2;3H,1,4H2,2H3. The van der Waals surface area contributed by atoms with Gasteiger partial charge in [0.1, 0.15) is 13.2 Å². The van der Waals surface area contributed by atoms with Crippen molar-refractivity contribution < 1.29 is 28.6 Å². The number of carbonyl (C=O) groups excluding carboxylic acids is 3. The Morgan fingerprint density at radius 3 is 1.63 bits per heavy atom. The second-order valence-electron chi connectivity index (χ2n) is 2.71. The highest BCUT2D eigenvalue weighted by Crippen LogP contribution is 1.85. The van der Waals surface area contributed by atoms with Crippen LogP contribution in [0.2, 0.25) is 0 Å². The zero-order valence-corrected chi connectivity index (χ0v) is 12.5. The SMILES string of the molecule is C=CC(=O)OCC.O=C(CS)OCCOC(=O)CS. The molecule has 0 saturated carbocycles. The van der Waals surface area contributed by atoms with E-state index < -0.39 is 11.9 Å². The monoisotopic (exact) mass is 310 g/mol. The zero-order chi connectivity index (χ0) is 15.1. The first-order valence-corrected chi connectivity index (χ1v) is 6.60. The Bertz CT molecular complexity index is 275. The molecule has 0 radical (unpaired) electrons. The van der Waals surface area contributed by atoms with Crippen LogP contribution in [-0.2, 0) is 28.6 Å². The van der Waals surface area contributed by atoms with Gasteiger partial charge >= 0.3 is 17.9 Å². The maximum absolute atomic E-state index is 10.5. The van der Waals surface area contributed by atoms with E-state index in [0.717, 1.165) is 6.08 Å². The second kappa shape index (κ2) is 14.9. The number of carbonyl (C=O) groups is 3. The van der Waals surface area contributed by atoms with Gasteiger partial charge in [-0.15, -0.1) is 0 Å². The second-order valence-corrected chi connectivity index (χ2v) is 3.35. The van der Waals surface area contributed by atoms with Gasteiger partial charge in [0.2, 0.25) is 0 Å². The van der Waals surface area contributed by atoms with Gasteiger partial charge in [0.15, 0.2) is 0 Å². The third kappa shape index (κ3) is 16.9. The molecule has 0 rings (SSSR count). The summed E-state index contributed by atoms with van der Waals surface area (Å²) in [6, 6.07) is 0. The van der Waals surface area contributed by atoms with Crippen molar-refractivity contribution in [2.75, 3.05) is 31.3 Å². The summed E-state index contributed by atoms with van der Waals surface area (Å²) in [7, 11) is 0. The number of rotatable bonds is 7. The molecule has 0 saturated heterocycles. The van der Waals surface area contributed by atoms with E-state index in [0.29, 0.717) is 6.61 Å². The van der Waals surface area contributed by atoms with E-state index in [1.54, 1.807) is 6.92 Å². The van der Waals surface area contributed by atoms with Crippen molar-refractivity contribution in [1.82, 2.24) is 0 Å². The van der Waals surface area contributed by atoms with Crippen molar-refractivity contribution in [2.24, 2.45) is 0 Å². The highest BCUT2D eigenvalue weighted by atomic mass is 32.1. The van der Waals surface area contributed by atoms with Gasteiger partial charge in [0, 0.05) is 6.08 Å². The van der Waals surface area contributed by atoms with Crippen LogP contribution in [0.4, 0.5) is 0 Å². The number of thiol groups is 2. The van der Waals surface area contributed by atoms with Gasteiger partial charge in [-0.2, -0.15) is 25.3 Å². The maximum atomic E-state index is 10.5. The lowest BCUT2D eigenvalue weighted by Gasteiger charge is -2.03. The van der Waals surface area contributed by atoms with Crippen LogP contribution in [0.5, 0.6) is 0 Å². The lowest BCUT2D eigenvalue weighted by molar-refractivity contribution is -0.148. The fraction of sp³-hybridized carbons (Fsp3) is 0.545. The number of ether oxygens (including phenoxy) is 3. The van der Waals surface area contributed by atoms with Crippen molar-refractivity contribution in [3.05, 3.63) is 12.7 Å². The summed E-state index contributed by atoms with van der Waals surface area (Å²) in [6.45, 7) is 5.51. The molecule has 0 unspecified atom stereocenters. The Hall–Kier alpha value is -1.15. The maximum Gasteiger partial charge on any atom is 0.330 e. The Kier molecular flexibility index (Phi) is 15.8. The van der Waals surface area contributed by atoms with Crippen molar-refractivity contribution >= 4 is 43.2 Å². The first kappa shape index (κ1) is 20.2. The van der Waals surface area contributed by atoms with Gasteiger partial charge in [-0.1, -0.05) is 6.58 Å². The molecule has 110 valence electrons. The number of esters is 3. The Balaban J connectivity index is 0. The van der Waals surface area contributed by atoms with Crippen LogP contribution in [0.3, 0.4) is 0 Å². The van der Waals surface area contributed by atoms with Crippen LogP contribution in [0.15, 0.2) is 12.7 Å². The van der Waals surface area contributed by atoms with Gasteiger partial charge in [-0.25, -0.2) is 4.79 Å². The molecule has 0 fully saturated rings. The van der Waals surface area contributed by atoms with E-state index in [1.165, 1.54) is 0 Å². The summed E-state index contributed by atoms with van der Waals surface area (Å²) in [5.74, 6) is -1.16. The summed E-state index contributed by atoms with van der Waals surface area (Å²) in [6.07, 6.45) is 1.14. The molecule has 0 heterocycles. The van der Waals surface area contributed by atoms with Crippen LogP contribution in [-0.4, -0.2) is 49.2 Å². The lowest BCUT2D eigenvalue weighted by Crippen LogP contribution is -2.14. The van der Waals surface area contributed by atoms with Gasteiger partial charge in [0.25, 0.3) is 0 Å². The predicted octanol–water partition coefficient (Wildman–Crippen LogP) is 0.668.